The Balaban J connectivity index is 4.36. The van der Waals surface area contributed by atoms with Gasteiger partial charge in [-0.2, -0.15) is 0 Å². The third-order valence-corrected chi connectivity index (χ3v) is 4.89. The Morgan fingerprint density at radius 2 is 1.73 bits per heavy atom. The summed E-state index contributed by atoms with van der Waals surface area (Å²) in [4.78, 5) is 10.9. The second kappa shape index (κ2) is 3.84. The molecule has 5 heteroatoms. The number of nitrogens with zero attached hydrogens (tertiary/aromatic N) is 1. The quantitative estimate of drug-likeness (QED) is 0.583. The minimum absolute atomic E-state index is 0.0390. The van der Waals surface area contributed by atoms with Crippen LogP contribution in [-0.4, -0.2) is 40.5 Å². The van der Waals surface area contributed by atoms with Gasteiger partial charge in [-0.1, -0.05) is 0 Å². The lowest BCUT2D eigenvalue weighted by atomic mass is 10.7. The average molecular weight is 177 g/mol. The number of carbonyl (C=O) groups is 1. The van der Waals surface area contributed by atoms with Gasteiger partial charge in [0, 0.05) is 28.2 Å². The zero-order valence-electron chi connectivity index (χ0n) is 7.67. The van der Waals surface area contributed by atoms with E-state index in [4.69, 9.17) is 8.85 Å². The molecule has 0 atom stereocenters. The summed E-state index contributed by atoms with van der Waals surface area (Å²) in [6, 6.07) is 0. The molecule has 0 aromatic carbocycles. The van der Waals surface area contributed by atoms with E-state index in [9.17, 15) is 4.79 Å². The van der Waals surface area contributed by atoms with Crippen LogP contribution in [0.5, 0.6) is 0 Å². The molecule has 0 aromatic heterocycles. The standard InChI is InChI=1S/C6H15NO3Si/c1-6(8)7(2)11(5,9-3)10-4/h1-5H3. The van der Waals surface area contributed by atoms with Gasteiger partial charge in [-0.3, -0.25) is 4.79 Å². The first-order valence-corrected chi connectivity index (χ1v) is 5.59. The second-order valence-electron chi connectivity index (χ2n) is 2.38. The van der Waals surface area contributed by atoms with Gasteiger partial charge in [-0.05, 0) is 6.55 Å². The van der Waals surface area contributed by atoms with Gasteiger partial charge in [-0.15, -0.1) is 0 Å². The van der Waals surface area contributed by atoms with Gasteiger partial charge in [0.2, 0.25) is 5.91 Å². The fourth-order valence-electron chi connectivity index (χ4n) is 0.643. The van der Waals surface area contributed by atoms with Crippen molar-refractivity contribution in [1.82, 2.24) is 4.57 Å². The molecule has 11 heavy (non-hydrogen) atoms. The number of carbonyl (C=O) groups excluding carboxylic acids is 1. The summed E-state index contributed by atoms with van der Waals surface area (Å²) in [6.45, 7) is 3.30. The average Bonchev–Trinajstić information content (AvgIpc) is 2.01. The van der Waals surface area contributed by atoms with Crippen molar-refractivity contribution < 1.29 is 13.6 Å². The maximum atomic E-state index is 10.9. The van der Waals surface area contributed by atoms with Crippen LogP contribution in [0.25, 0.3) is 0 Å². The maximum absolute atomic E-state index is 10.9. The van der Waals surface area contributed by atoms with Crippen LogP contribution < -0.4 is 0 Å². The highest BCUT2D eigenvalue weighted by atomic mass is 28.4. The Morgan fingerprint density at radius 1 is 1.36 bits per heavy atom. The number of hydrogen-bond acceptors (Lipinski definition) is 3. The fraction of sp³-hybridized carbons (Fsp3) is 0.833. The molecule has 0 fully saturated rings. The van der Waals surface area contributed by atoms with E-state index < -0.39 is 8.72 Å². The van der Waals surface area contributed by atoms with Gasteiger partial charge in [0.15, 0.2) is 0 Å². The molecule has 0 aliphatic rings. The van der Waals surface area contributed by atoms with E-state index in [0.717, 1.165) is 0 Å². The van der Waals surface area contributed by atoms with E-state index in [1.807, 2.05) is 6.55 Å². The van der Waals surface area contributed by atoms with E-state index in [-0.39, 0.29) is 5.91 Å². The summed E-state index contributed by atoms with van der Waals surface area (Å²) in [7, 11) is 2.40. The van der Waals surface area contributed by atoms with Crippen molar-refractivity contribution in [3.63, 3.8) is 0 Å². The predicted molar refractivity (Wildman–Crippen MR) is 44.1 cm³/mol. The highest BCUT2D eigenvalue weighted by Crippen LogP contribution is 2.08. The van der Waals surface area contributed by atoms with Crippen LogP contribution in [0.2, 0.25) is 6.55 Å². The van der Waals surface area contributed by atoms with E-state index in [0.29, 0.717) is 0 Å². The van der Waals surface area contributed by atoms with Gasteiger partial charge in [-0.25, -0.2) is 0 Å². The zero-order chi connectivity index (χ0) is 9.07. The van der Waals surface area contributed by atoms with Crippen molar-refractivity contribution in [2.24, 2.45) is 0 Å². The van der Waals surface area contributed by atoms with Crippen LogP contribution in [0.1, 0.15) is 6.92 Å². The molecule has 0 radical (unpaired) electrons. The van der Waals surface area contributed by atoms with Crippen LogP contribution in [-0.2, 0) is 13.6 Å². The van der Waals surface area contributed by atoms with E-state index in [1.54, 1.807) is 21.3 Å². The Bertz CT molecular complexity index is 147. The summed E-state index contributed by atoms with van der Waals surface area (Å²) in [6.07, 6.45) is 0. The van der Waals surface area contributed by atoms with Crippen molar-refractivity contribution in [2.45, 2.75) is 13.5 Å². The largest absolute Gasteiger partial charge is 0.457 e. The van der Waals surface area contributed by atoms with Gasteiger partial charge >= 0.3 is 8.72 Å². The molecule has 0 aliphatic carbocycles. The van der Waals surface area contributed by atoms with Crippen molar-refractivity contribution in [1.29, 1.82) is 0 Å². The minimum atomic E-state index is -2.38. The maximum Gasteiger partial charge on any atom is 0.457 e. The van der Waals surface area contributed by atoms with Crippen molar-refractivity contribution >= 4 is 14.6 Å². The van der Waals surface area contributed by atoms with Crippen LogP contribution in [0.4, 0.5) is 0 Å². The molecular weight excluding hydrogens is 162 g/mol. The number of hydrogen-bond donors (Lipinski definition) is 0. The molecule has 0 saturated carbocycles. The molecular formula is C6H15NO3Si. The molecule has 4 nitrogen and oxygen atoms in total. The molecule has 66 valence electrons. The molecule has 0 spiro atoms. The minimum Gasteiger partial charge on any atom is -0.382 e. The summed E-state index contributed by atoms with van der Waals surface area (Å²) in [5.41, 5.74) is 0. The Morgan fingerprint density at radius 3 is 1.82 bits per heavy atom. The SMILES string of the molecule is CO[Si](C)(OC)N(C)C(C)=O. The molecule has 0 aliphatic heterocycles. The summed E-state index contributed by atoms with van der Waals surface area (Å²) in [5.74, 6) is -0.0390. The van der Waals surface area contributed by atoms with Crippen molar-refractivity contribution in [3.8, 4) is 0 Å². The molecule has 0 saturated heterocycles. The molecule has 0 N–H and O–H groups in total. The van der Waals surface area contributed by atoms with Crippen molar-refractivity contribution in [2.75, 3.05) is 21.3 Å². The van der Waals surface area contributed by atoms with E-state index in [2.05, 4.69) is 0 Å². The lowest BCUT2D eigenvalue weighted by Gasteiger charge is -2.31. The number of rotatable bonds is 3. The summed E-state index contributed by atoms with van der Waals surface area (Å²) >= 11 is 0. The summed E-state index contributed by atoms with van der Waals surface area (Å²) < 4.78 is 11.8. The van der Waals surface area contributed by atoms with Gasteiger partial charge in [0.25, 0.3) is 0 Å². The van der Waals surface area contributed by atoms with Crippen LogP contribution >= 0.6 is 0 Å². The highest BCUT2D eigenvalue weighted by molar-refractivity contribution is 6.65. The van der Waals surface area contributed by atoms with E-state index in [1.165, 1.54) is 11.5 Å². The molecule has 1 amide bonds. The van der Waals surface area contributed by atoms with Gasteiger partial charge in [0.1, 0.15) is 0 Å². The van der Waals surface area contributed by atoms with Crippen molar-refractivity contribution in [3.05, 3.63) is 0 Å². The third kappa shape index (κ3) is 2.28. The normalized spacial score (nSPS) is 11.4. The van der Waals surface area contributed by atoms with E-state index >= 15 is 0 Å². The molecule has 0 heterocycles. The molecule has 0 unspecified atom stereocenters. The smallest absolute Gasteiger partial charge is 0.382 e. The van der Waals surface area contributed by atoms with Gasteiger partial charge in [0.05, 0.1) is 0 Å². The highest BCUT2D eigenvalue weighted by Gasteiger charge is 2.37. The molecule has 0 aromatic rings. The zero-order valence-corrected chi connectivity index (χ0v) is 8.67. The second-order valence-corrected chi connectivity index (χ2v) is 5.67. The molecule has 0 bridgehead atoms. The number of amides is 1. The Hall–Kier alpha value is -0.393. The molecule has 0 rings (SSSR count). The lowest BCUT2D eigenvalue weighted by Crippen LogP contribution is -2.54. The first-order chi connectivity index (χ1) is 4.98. The fourth-order valence-corrected chi connectivity index (χ4v) is 1.93. The van der Waals surface area contributed by atoms with Gasteiger partial charge < -0.3 is 13.4 Å². The Labute approximate surface area is 68.4 Å². The predicted octanol–water partition coefficient (Wildman–Crippen LogP) is 0.326. The monoisotopic (exact) mass is 177 g/mol. The first kappa shape index (κ1) is 10.6. The topological polar surface area (TPSA) is 38.8 Å². The first-order valence-electron chi connectivity index (χ1n) is 3.32. The van der Waals surface area contributed by atoms with Crippen LogP contribution in [0.3, 0.4) is 0 Å². The summed E-state index contributed by atoms with van der Waals surface area (Å²) in [5, 5.41) is 0. The lowest BCUT2D eigenvalue weighted by molar-refractivity contribution is -0.125. The van der Waals surface area contributed by atoms with Crippen LogP contribution in [0.15, 0.2) is 0 Å². The third-order valence-electron chi connectivity index (χ3n) is 1.84. The Kier molecular flexibility index (Phi) is 3.71. The van der Waals surface area contributed by atoms with Crippen LogP contribution in [0, 0.1) is 0 Å².